The Morgan fingerprint density at radius 2 is 1.94 bits per heavy atom. The third-order valence-corrected chi connectivity index (χ3v) is 3.57. The predicted octanol–water partition coefficient (Wildman–Crippen LogP) is -1.09. The standard InChI is InChI=1S/C9H17NO7S/c1-3-17-9(13)6-10(4-5-16-2)18(14,15)7-8(11)12/h3-7H2,1-2H3,(H,11,12). The molecule has 0 aromatic rings. The minimum Gasteiger partial charge on any atom is -0.480 e. The van der Waals surface area contributed by atoms with E-state index in [2.05, 4.69) is 4.74 Å². The maximum Gasteiger partial charge on any atom is 0.321 e. The molecule has 0 saturated heterocycles. The molecule has 0 unspecified atom stereocenters. The van der Waals surface area contributed by atoms with E-state index in [1.54, 1.807) is 6.92 Å². The Labute approximate surface area is 106 Å². The average Bonchev–Trinajstić information content (AvgIpc) is 2.22. The van der Waals surface area contributed by atoms with Gasteiger partial charge in [-0.3, -0.25) is 9.59 Å². The van der Waals surface area contributed by atoms with Gasteiger partial charge in [-0.2, -0.15) is 4.31 Å². The zero-order valence-corrected chi connectivity index (χ0v) is 11.1. The number of carbonyl (C=O) groups is 2. The molecule has 0 aliphatic rings. The quantitative estimate of drug-likeness (QED) is 0.535. The number of rotatable bonds is 9. The third-order valence-electron chi connectivity index (χ3n) is 1.85. The van der Waals surface area contributed by atoms with Crippen LogP contribution in [0.15, 0.2) is 0 Å². The van der Waals surface area contributed by atoms with Gasteiger partial charge in [0.15, 0.2) is 5.75 Å². The second-order valence-corrected chi connectivity index (χ2v) is 5.25. The van der Waals surface area contributed by atoms with E-state index in [1.165, 1.54) is 7.11 Å². The third kappa shape index (κ3) is 6.52. The Kier molecular flexibility index (Phi) is 7.48. The molecule has 0 heterocycles. The Bertz CT molecular complexity index is 378. The molecule has 106 valence electrons. The second kappa shape index (κ2) is 8.01. The summed E-state index contributed by atoms with van der Waals surface area (Å²) in [5.41, 5.74) is 0. The van der Waals surface area contributed by atoms with Crippen molar-refractivity contribution in [1.82, 2.24) is 4.31 Å². The van der Waals surface area contributed by atoms with E-state index in [-0.39, 0.29) is 19.8 Å². The molecule has 0 atom stereocenters. The number of sulfonamides is 1. The van der Waals surface area contributed by atoms with E-state index in [0.29, 0.717) is 0 Å². The van der Waals surface area contributed by atoms with E-state index in [4.69, 9.17) is 9.84 Å². The summed E-state index contributed by atoms with van der Waals surface area (Å²) in [6, 6.07) is 0. The van der Waals surface area contributed by atoms with Gasteiger partial charge in [0.1, 0.15) is 6.54 Å². The van der Waals surface area contributed by atoms with Crippen molar-refractivity contribution in [2.75, 3.05) is 39.2 Å². The van der Waals surface area contributed by atoms with E-state index in [0.717, 1.165) is 4.31 Å². The van der Waals surface area contributed by atoms with Crippen LogP contribution in [0.1, 0.15) is 6.92 Å². The van der Waals surface area contributed by atoms with Crippen molar-refractivity contribution in [2.45, 2.75) is 6.92 Å². The average molecular weight is 283 g/mol. The van der Waals surface area contributed by atoms with Crippen LogP contribution in [0.2, 0.25) is 0 Å². The highest BCUT2D eigenvalue weighted by atomic mass is 32.2. The lowest BCUT2D eigenvalue weighted by Gasteiger charge is -2.19. The molecule has 0 aromatic carbocycles. The maximum absolute atomic E-state index is 11.7. The molecular formula is C9H17NO7S. The number of hydrogen-bond donors (Lipinski definition) is 1. The summed E-state index contributed by atoms with van der Waals surface area (Å²) in [6.07, 6.45) is 0. The molecule has 0 aromatic heterocycles. The van der Waals surface area contributed by atoms with Crippen molar-refractivity contribution in [3.8, 4) is 0 Å². The zero-order chi connectivity index (χ0) is 14.2. The van der Waals surface area contributed by atoms with Crippen molar-refractivity contribution >= 4 is 22.0 Å². The first-order valence-electron chi connectivity index (χ1n) is 5.17. The second-order valence-electron chi connectivity index (χ2n) is 3.28. The van der Waals surface area contributed by atoms with Crippen LogP contribution >= 0.6 is 0 Å². The zero-order valence-electron chi connectivity index (χ0n) is 10.3. The first kappa shape index (κ1) is 16.8. The number of nitrogens with zero attached hydrogens (tertiary/aromatic N) is 1. The largest absolute Gasteiger partial charge is 0.480 e. The van der Waals surface area contributed by atoms with Gasteiger partial charge < -0.3 is 14.6 Å². The minimum absolute atomic E-state index is 0.0538. The molecule has 18 heavy (non-hydrogen) atoms. The fraction of sp³-hybridized carbons (Fsp3) is 0.778. The van der Waals surface area contributed by atoms with Crippen molar-refractivity contribution in [2.24, 2.45) is 0 Å². The van der Waals surface area contributed by atoms with E-state index in [9.17, 15) is 18.0 Å². The number of carboxylic acid groups (broad SMARTS) is 1. The number of esters is 1. The van der Waals surface area contributed by atoms with Crippen LogP contribution in [0.3, 0.4) is 0 Å². The molecule has 0 aliphatic heterocycles. The summed E-state index contributed by atoms with van der Waals surface area (Å²) in [7, 11) is -2.69. The number of aliphatic carboxylic acids is 1. The molecule has 9 heteroatoms. The van der Waals surface area contributed by atoms with Gasteiger partial charge in [-0.15, -0.1) is 0 Å². The van der Waals surface area contributed by atoms with Crippen LogP contribution in [0.25, 0.3) is 0 Å². The van der Waals surface area contributed by atoms with Crippen molar-refractivity contribution < 1.29 is 32.6 Å². The van der Waals surface area contributed by atoms with Gasteiger partial charge in [0, 0.05) is 13.7 Å². The summed E-state index contributed by atoms with van der Waals surface area (Å²) in [5.74, 6) is -3.29. The molecule has 0 radical (unpaired) electrons. The van der Waals surface area contributed by atoms with Crippen molar-refractivity contribution in [1.29, 1.82) is 0 Å². The van der Waals surface area contributed by atoms with Gasteiger partial charge in [0.25, 0.3) is 0 Å². The number of ether oxygens (including phenoxy) is 2. The summed E-state index contributed by atoms with van der Waals surface area (Å²) in [4.78, 5) is 21.7. The van der Waals surface area contributed by atoms with Crippen LogP contribution < -0.4 is 0 Å². The van der Waals surface area contributed by atoms with E-state index in [1.807, 2.05) is 0 Å². The molecule has 0 fully saturated rings. The first-order chi connectivity index (χ1) is 8.33. The lowest BCUT2D eigenvalue weighted by Crippen LogP contribution is -2.41. The molecule has 1 N–H and O–H groups in total. The van der Waals surface area contributed by atoms with Crippen LogP contribution in [0, 0.1) is 0 Å². The van der Waals surface area contributed by atoms with Crippen molar-refractivity contribution in [3.05, 3.63) is 0 Å². The van der Waals surface area contributed by atoms with Gasteiger partial charge >= 0.3 is 11.9 Å². The molecule has 0 bridgehead atoms. The molecule has 0 saturated carbocycles. The molecular weight excluding hydrogens is 266 g/mol. The summed E-state index contributed by atoms with van der Waals surface area (Å²) in [6.45, 7) is 1.13. The summed E-state index contributed by atoms with van der Waals surface area (Å²) in [5, 5.41) is 8.51. The normalized spacial score (nSPS) is 11.5. The smallest absolute Gasteiger partial charge is 0.321 e. The first-order valence-corrected chi connectivity index (χ1v) is 6.78. The fourth-order valence-corrected chi connectivity index (χ4v) is 2.26. The fourth-order valence-electron chi connectivity index (χ4n) is 1.11. The summed E-state index contributed by atoms with van der Waals surface area (Å²) < 4.78 is 33.4. The Balaban J connectivity index is 4.75. The van der Waals surface area contributed by atoms with Crippen LogP contribution in [-0.2, 0) is 29.1 Å². The predicted molar refractivity (Wildman–Crippen MR) is 61.5 cm³/mol. The van der Waals surface area contributed by atoms with Gasteiger partial charge in [0.05, 0.1) is 13.2 Å². The SMILES string of the molecule is CCOC(=O)CN(CCOC)S(=O)(=O)CC(=O)O. The van der Waals surface area contributed by atoms with Crippen LogP contribution in [0.4, 0.5) is 0 Å². The number of carboxylic acids is 1. The van der Waals surface area contributed by atoms with Gasteiger partial charge in [-0.05, 0) is 6.92 Å². The van der Waals surface area contributed by atoms with E-state index >= 15 is 0 Å². The van der Waals surface area contributed by atoms with Crippen LogP contribution in [0.5, 0.6) is 0 Å². The number of methoxy groups -OCH3 is 1. The Morgan fingerprint density at radius 1 is 1.33 bits per heavy atom. The van der Waals surface area contributed by atoms with Gasteiger partial charge in [0.2, 0.25) is 10.0 Å². The molecule has 8 nitrogen and oxygen atoms in total. The monoisotopic (exact) mass is 283 g/mol. The molecule has 0 rings (SSSR count). The maximum atomic E-state index is 11.7. The van der Waals surface area contributed by atoms with Gasteiger partial charge in [-0.25, -0.2) is 8.42 Å². The topological polar surface area (TPSA) is 110 Å². The summed E-state index contributed by atoms with van der Waals surface area (Å²) >= 11 is 0. The Morgan fingerprint density at radius 3 is 2.39 bits per heavy atom. The highest BCUT2D eigenvalue weighted by Gasteiger charge is 2.27. The molecule has 0 aliphatic carbocycles. The number of hydrogen-bond acceptors (Lipinski definition) is 6. The molecule has 0 amide bonds. The minimum atomic E-state index is -4.05. The lowest BCUT2D eigenvalue weighted by atomic mass is 10.6. The van der Waals surface area contributed by atoms with Gasteiger partial charge in [-0.1, -0.05) is 0 Å². The van der Waals surface area contributed by atoms with Crippen molar-refractivity contribution in [3.63, 3.8) is 0 Å². The molecule has 0 spiro atoms. The lowest BCUT2D eigenvalue weighted by molar-refractivity contribution is -0.143. The highest BCUT2D eigenvalue weighted by molar-refractivity contribution is 7.89. The van der Waals surface area contributed by atoms with Crippen LogP contribution in [-0.4, -0.2) is 68.9 Å². The Hall–Kier alpha value is -1.19. The number of carbonyl (C=O) groups excluding carboxylic acids is 1. The highest BCUT2D eigenvalue weighted by Crippen LogP contribution is 2.02. The van der Waals surface area contributed by atoms with E-state index < -0.39 is 34.3 Å².